The zero-order chi connectivity index (χ0) is 14.8. The van der Waals surface area contributed by atoms with Crippen molar-refractivity contribution in [2.45, 2.75) is 45.9 Å². The average molecular weight is 279 g/mol. The lowest BCUT2D eigenvalue weighted by Crippen LogP contribution is -2.51. The Morgan fingerprint density at radius 2 is 2.20 bits per heavy atom. The lowest BCUT2D eigenvalue weighted by Gasteiger charge is -2.41. The van der Waals surface area contributed by atoms with E-state index in [0.717, 1.165) is 25.2 Å². The highest BCUT2D eigenvalue weighted by atomic mass is 16.5. The molecule has 0 saturated carbocycles. The van der Waals surface area contributed by atoms with Crippen LogP contribution < -0.4 is 4.74 Å². The van der Waals surface area contributed by atoms with Crippen molar-refractivity contribution in [3.05, 3.63) is 23.8 Å². The Balaban J connectivity index is 2.07. The van der Waals surface area contributed by atoms with Gasteiger partial charge in [0.1, 0.15) is 0 Å². The quantitative estimate of drug-likeness (QED) is 0.920. The molecule has 0 radical (unpaired) electrons. The highest BCUT2D eigenvalue weighted by Gasteiger charge is 2.31. The number of aromatic hydroxyl groups is 1. The molecule has 1 atom stereocenters. The van der Waals surface area contributed by atoms with Gasteiger partial charge in [0.05, 0.1) is 18.3 Å². The molecule has 0 bridgehead atoms. The van der Waals surface area contributed by atoms with Gasteiger partial charge in [0.25, 0.3) is 0 Å². The minimum atomic E-state index is -0.114. The van der Waals surface area contributed by atoms with Gasteiger partial charge in [0, 0.05) is 19.6 Å². The lowest BCUT2D eigenvalue weighted by molar-refractivity contribution is -0.130. The van der Waals surface area contributed by atoms with Crippen LogP contribution in [0.25, 0.3) is 0 Å². The van der Waals surface area contributed by atoms with E-state index in [4.69, 9.17) is 9.47 Å². The molecule has 1 N–H and O–H groups in total. The molecule has 0 amide bonds. The fourth-order valence-electron chi connectivity index (χ4n) is 2.89. The minimum absolute atomic E-state index is 0.114. The summed E-state index contributed by atoms with van der Waals surface area (Å²) in [5.74, 6) is 0.761. The number of rotatable bonds is 4. The molecule has 1 unspecified atom stereocenters. The summed E-state index contributed by atoms with van der Waals surface area (Å²) >= 11 is 0. The standard InChI is InChI=1S/C16H25NO3/c1-5-19-15-8-13(6-7-14(15)18)10-17-9-12(2)20-16(3,4)11-17/h6-8,12,18H,5,9-11H2,1-4H3. The van der Waals surface area contributed by atoms with E-state index in [2.05, 4.69) is 25.7 Å². The number of benzene rings is 1. The Morgan fingerprint density at radius 1 is 1.45 bits per heavy atom. The molecule has 1 aliphatic rings. The number of hydrogen-bond acceptors (Lipinski definition) is 4. The van der Waals surface area contributed by atoms with Gasteiger partial charge in [-0.1, -0.05) is 6.07 Å². The second-order valence-electron chi connectivity index (χ2n) is 6.09. The minimum Gasteiger partial charge on any atom is -0.504 e. The molecule has 1 aromatic carbocycles. The Bertz CT molecular complexity index is 459. The van der Waals surface area contributed by atoms with E-state index in [-0.39, 0.29) is 17.5 Å². The van der Waals surface area contributed by atoms with Gasteiger partial charge in [-0.25, -0.2) is 0 Å². The molecule has 1 aliphatic heterocycles. The summed E-state index contributed by atoms with van der Waals surface area (Å²) in [7, 11) is 0. The summed E-state index contributed by atoms with van der Waals surface area (Å²) in [5.41, 5.74) is 1.04. The molecule has 112 valence electrons. The molecular weight excluding hydrogens is 254 g/mol. The normalized spacial score (nSPS) is 22.7. The maximum absolute atomic E-state index is 9.74. The summed E-state index contributed by atoms with van der Waals surface area (Å²) in [4.78, 5) is 2.39. The molecule has 1 heterocycles. The van der Waals surface area contributed by atoms with E-state index >= 15 is 0 Å². The highest BCUT2D eigenvalue weighted by molar-refractivity contribution is 5.41. The predicted molar refractivity (Wildman–Crippen MR) is 79.2 cm³/mol. The zero-order valence-electron chi connectivity index (χ0n) is 12.8. The van der Waals surface area contributed by atoms with Crippen LogP contribution in [0.2, 0.25) is 0 Å². The summed E-state index contributed by atoms with van der Waals surface area (Å²) in [5, 5.41) is 9.74. The molecule has 1 saturated heterocycles. The Morgan fingerprint density at radius 3 is 2.85 bits per heavy atom. The number of hydrogen-bond donors (Lipinski definition) is 1. The average Bonchev–Trinajstić information content (AvgIpc) is 2.31. The lowest BCUT2D eigenvalue weighted by atomic mass is 10.0. The van der Waals surface area contributed by atoms with Crippen LogP contribution in [0.15, 0.2) is 18.2 Å². The Hall–Kier alpha value is -1.26. The second-order valence-corrected chi connectivity index (χ2v) is 6.09. The van der Waals surface area contributed by atoms with Crippen molar-refractivity contribution in [3.63, 3.8) is 0 Å². The Kier molecular flexibility index (Phi) is 4.55. The third-order valence-electron chi connectivity index (χ3n) is 3.37. The first-order valence-electron chi connectivity index (χ1n) is 7.24. The number of morpholine rings is 1. The van der Waals surface area contributed by atoms with Crippen molar-refractivity contribution >= 4 is 0 Å². The second kappa shape index (κ2) is 6.02. The molecular formula is C16H25NO3. The molecule has 2 rings (SSSR count). The van der Waals surface area contributed by atoms with E-state index in [1.54, 1.807) is 6.07 Å². The van der Waals surface area contributed by atoms with Gasteiger partial charge in [-0.2, -0.15) is 0 Å². The van der Waals surface area contributed by atoms with Crippen molar-refractivity contribution in [2.75, 3.05) is 19.7 Å². The SMILES string of the molecule is CCOc1cc(CN2CC(C)OC(C)(C)C2)ccc1O. The topological polar surface area (TPSA) is 41.9 Å². The van der Waals surface area contributed by atoms with Crippen LogP contribution in [-0.2, 0) is 11.3 Å². The summed E-state index contributed by atoms with van der Waals surface area (Å²) in [6.07, 6.45) is 0.238. The van der Waals surface area contributed by atoms with Gasteiger partial charge < -0.3 is 14.6 Å². The fourth-order valence-corrected chi connectivity index (χ4v) is 2.89. The molecule has 4 heteroatoms. The first-order chi connectivity index (χ1) is 9.39. The van der Waals surface area contributed by atoms with Gasteiger partial charge >= 0.3 is 0 Å². The van der Waals surface area contributed by atoms with Gasteiger partial charge in [0.2, 0.25) is 0 Å². The molecule has 4 nitrogen and oxygen atoms in total. The van der Waals surface area contributed by atoms with Gasteiger partial charge in [0.15, 0.2) is 11.5 Å². The van der Waals surface area contributed by atoms with Gasteiger partial charge in [-0.3, -0.25) is 4.90 Å². The maximum atomic E-state index is 9.74. The monoisotopic (exact) mass is 279 g/mol. The number of phenols is 1. The predicted octanol–water partition coefficient (Wildman–Crippen LogP) is 2.79. The number of phenolic OH excluding ortho intramolecular Hbond substituents is 1. The molecule has 1 aromatic rings. The molecule has 0 spiro atoms. The van der Waals surface area contributed by atoms with Crippen molar-refractivity contribution in [3.8, 4) is 11.5 Å². The summed E-state index contributed by atoms with van der Waals surface area (Å²) in [6.45, 7) is 11.5. The van der Waals surface area contributed by atoms with Crippen LogP contribution >= 0.6 is 0 Å². The van der Waals surface area contributed by atoms with Crippen molar-refractivity contribution < 1.29 is 14.6 Å². The highest BCUT2D eigenvalue weighted by Crippen LogP contribution is 2.28. The first kappa shape index (κ1) is 15.1. The number of nitrogens with zero attached hydrogens (tertiary/aromatic N) is 1. The van der Waals surface area contributed by atoms with Crippen LogP contribution in [-0.4, -0.2) is 41.4 Å². The van der Waals surface area contributed by atoms with Crippen LogP contribution in [0.4, 0.5) is 0 Å². The van der Waals surface area contributed by atoms with E-state index in [1.165, 1.54) is 0 Å². The summed E-state index contributed by atoms with van der Waals surface area (Å²) in [6, 6.07) is 5.58. The molecule has 0 aliphatic carbocycles. The van der Waals surface area contributed by atoms with Crippen molar-refractivity contribution in [1.29, 1.82) is 0 Å². The van der Waals surface area contributed by atoms with E-state index in [9.17, 15) is 5.11 Å². The van der Waals surface area contributed by atoms with Crippen LogP contribution in [0.1, 0.15) is 33.3 Å². The third kappa shape index (κ3) is 3.87. The van der Waals surface area contributed by atoms with Crippen molar-refractivity contribution in [1.82, 2.24) is 4.90 Å². The summed E-state index contributed by atoms with van der Waals surface area (Å²) < 4.78 is 11.4. The zero-order valence-corrected chi connectivity index (χ0v) is 12.8. The van der Waals surface area contributed by atoms with Crippen LogP contribution in [0, 0.1) is 0 Å². The van der Waals surface area contributed by atoms with Crippen LogP contribution in [0.5, 0.6) is 11.5 Å². The van der Waals surface area contributed by atoms with Crippen molar-refractivity contribution in [2.24, 2.45) is 0 Å². The van der Waals surface area contributed by atoms with Gasteiger partial charge in [-0.15, -0.1) is 0 Å². The molecule has 20 heavy (non-hydrogen) atoms. The first-order valence-corrected chi connectivity index (χ1v) is 7.24. The molecule has 1 fully saturated rings. The van der Waals surface area contributed by atoms with Crippen LogP contribution in [0.3, 0.4) is 0 Å². The molecule has 0 aromatic heterocycles. The Labute approximate surface area is 121 Å². The van der Waals surface area contributed by atoms with E-state index < -0.39 is 0 Å². The maximum Gasteiger partial charge on any atom is 0.161 e. The fraction of sp³-hybridized carbons (Fsp3) is 0.625. The largest absolute Gasteiger partial charge is 0.504 e. The number of ether oxygens (including phenoxy) is 2. The van der Waals surface area contributed by atoms with Gasteiger partial charge in [-0.05, 0) is 45.4 Å². The van der Waals surface area contributed by atoms with E-state index in [1.807, 2.05) is 19.1 Å². The third-order valence-corrected chi connectivity index (χ3v) is 3.37. The van der Waals surface area contributed by atoms with E-state index in [0.29, 0.717) is 12.4 Å². The smallest absolute Gasteiger partial charge is 0.161 e.